The van der Waals surface area contributed by atoms with Crippen LogP contribution in [0.4, 0.5) is 5.69 Å². The van der Waals surface area contributed by atoms with Gasteiger partial charge in [-0.3, -0.25) is 4.79 Å². The van der Waals surface area contributed by atoms with E-state index in [1.807, 2.05) is 25.5 Å². The van der Waals surface area contributed by atoms with E-state index in [0.717, 1.165) is 34.1 Å². The first kappa shape index (κ1) is 24.4. The summed E-state index contributed by atoms with van der Waals surface area (Å²) in [5.74, 6) is 0.113. The monoisotopic (exact) mass is 410 g/mol. The van der Waals surface area contributed by atoms with Crippen molar-refractivity contribution in [2.45, 2.75) is 101 Å². The van der Waals surface area contributed by atoms with Crippen molar-refractivity contribution in [3.8, 4) is 0 Å². The Morgan fingerprint density at radius 1 is 0.926 bits per heavy atom. The maximum Gasteiger partial charge on any atom is 0.224 e. The fraction of sp³-hybridized carbons (Fsp3) is 0.727. The van der Waals surface area contributed by atoms with E-state index in [2.05, 4.69) is 17.2 Å². The molecule has 1 aromatic rings. The first-order valence-electron chi connectivity index (χ1n) is 10.5. The number of nitrogens with one attached hydrogen (secondary N) is 1. The third kappa shape index (κ3) is 10.4. The van der Waals surface area contributed by atoms with Crippen molar-refractivity contribution in [1.29, 1.82) is 0 Å². The molecule has 5 heteroatoms. The fourth-order valence-electron chi connectivity index (χ4n) is 3.19. The SMILES string of the molecule is CCCCCCCCCCCCCC(=O)Nc1c(SC)cc(C)nc1SC. The zero-order chi connectivity index (χ0) is 19.9. The van der Waals surface area contributed by atoms with Crippen LogP contribution in [0.25, 0.3) is 0 Å². The second-order valence-corrected chi connectivity index (χ2v) is 8.83. The number of hydrogen-bond donors (Lipinski definition) is 1. The summed E-state index contributed by atoms with van der Waals surface area (Å²) in [6, 6.07) is 2.04. The van der Waals surface area contributed by atoms with Crippen molar-refractivity contribution in [2.75, 3.05) is 17.8 Å². The minimum atomic E-state index is 0.113. The molecule has 1 amide bonds. The van der Waals surface area contributed by atoms with Crippen molar-refractivity contribution in [1.82, 2.24) is 4.98 Å². The zero-order valence-electron chi connectivity index (χ0n) is 17.7. The van der Waals surface area contributed by atoms with Crippen LogP contribution in [0.2, 0.25) is 0 Å². The molecule has 1 N–H and O–H groups in total. The van der Waals surface area contributed by atoms with E-state index in [-0.39, 0.29) is 5.91 Å². The highest BCUT2D eigenvalue weighted by atomic mass is 32.2. The third-order valence-electron chi connectivity index (χ3n) is 4.76. The van der Waals surface area contributed by atoms with Crippen molar-refractivity contribution < 1.29 is 4.79 Å². The average molecular weight is 411 g/mol. The highest BCUT2D eigenvalue weighted by Crippen LogP contribution is 2.33. The van der Waals surface area contributed by atoms with E-state index >= 15 is 0 Å². The van der Waals surface area contributed by atoms with Crippen LogP contribution in [0.15, 0.2) is 16.0 Å². The molecular weight excluding hydrogens is 372 g/mol. The van der Waals surface area contributed by atoms with E-state index < -0.39 is 0 Å². The molecule has 1 heterocycles. The summed E-state index contributed by atoms with van der Waals surface area (Å²) < 4.78 is 0. The smallest absolute Gasteiger partial charge is 0.224 e. The second kappa shape index (κ2) is 15.3. The molecule has 0 aliphatic rings. The van der Waals surface area contributed by atoms with E-state index in [0.29, 0.717) is 6.42 Å². The molecule has 0 unspecified atom stereocenters. The Bertz CT molecular complexity index is 524. The normalized spacial score (nSPS) is 11.0. The van der Waals surface area contributed by atoms with Crippen molar-refractivity contribution >= 4 is 35.1 Å². The molecule has 0 aliphatic carbocycles. The highest BCUT2D eigenvalue weighted by Gasteiger charge is 2.13. The molecular formula is C22H38N2OS2. The van der Waals surface area contributed by atoms with Gasteiger partial charge >= 0.3 is 0 Å². The zero-order valence-corrected chi connectivity index (χ0v) is 19.4. The number of amides is 1. The quantitative estimate of drug-likeness (QED) is 0.240. The van der Waals surface area contributed by atoms with Gasteiger partial charge in [-0.15, -0.1) is 23.5 Å². The van der Waals surface area contributed by atoms with Crippen LogP contribution in [0.1, 0.15) is 89.7 Å². The minimum absolute atomic E-state index is 0.113. The van der Waals surface area contributed by atoms with E-state index in [9.17, 15) is 4.79 Å². The number of anilines is 1. The maximum atomic E-state index is 12.3. The number of nitrogens with zero attached hydrogens (tertiary/aromatic N) is 1. The lowest BCUT2D eigenvalue weighted by atomic mass is 10.1. The van der Waals surface area contributed by atoms with Gasteiger partial charge in [-0.05, 0) is 31.9 Å². The van der Waals surface area contributed by atoms with Gasteiger partial charge in [-0.25, -0.2) is 4.98 Å². The molecule has 0 atom stereocenters. The highest BCUT2D eigenvalue weighted by molar-refractivity contribution is 7.99. The Labute approximate surface area is 175 Å². The van der Waals surface area contributed by atoms with E-state index in [1.165, 1.54) is 57.8 Å². The van der Waals surface area contributed by atoms with E-state index in [4.69, 9.17) is 0 Å². The molecule has 3 nitrogen and oxygen atoms in total. The third-order valence-corrected chi connectivity index (χ3v) is 6.21. The van der Waals surface area contributed by atoms with Crippen LogP contribution in [0.5, 0.6) is 0 Å². The molecule has 0 aliphatic heterocycles. The predicted octanol–water partition coefficient (Wildman–Crippen LogP) is 7.47. The lowest BCUT2D eigenvalue weighted by Gasteiger charge is -2.14. The van der Waals surface area contributed by atoms with Gasteiger partial charge in [0.1, 0.15) is 5.03 Å². The molecule has 0 fully saturated rings. The van der Waals surface area contributed by atoms with Gasteiger partial charge in [0.15, 0.2) is 0 Å². The Kier molecular flexibility index (Phi) is 13.8. The van der Waals surface area contributed by atoms with Crippen LogP contribution in [0, 0.1) is 6.92 Å². The topological polar surface area (TPSA) is 42.0 Å². The number of aromatic nitrogens is 1. The summed E-state index contributed by atoms with van der Waals surface area (Å²) in [6.45, 7) is 4.26. The molecule has 0 radical (unpaired) electrons. The average Bonchev–Trinajstić information content (AvgIpc) is 2.67. The number of pyridine rings is 1. The first-order chi connectivity index (χ1) is 13.1. The van der Waals surface area contributed by atoms with Gasteiger partial charge in [0.25, 0.3) is 0 Å². The molecule has 27 heavy (non-hydrogen) atoms. The standard InChI is InChI=1S/C22H38N2OS2/c1-5-6-7-8-9-10-11-12-13-14-15-16-20(25)24-21-19(26-3)17-18(2)23-22(21)27-4/h17H,5-16H2,1-4H3,(H,24,25). The molecule has 1 rings (SSSR count). The lowest BCUT2D eigenvalue weighted by Crippen LogP contribution is -2.13. The van der Waals surface area contributed by atoms with Gasteiger partial charge < -0.3 is 5.32 Å². The summed E-state index contributed by atoms with van der Waals surface area (Å²) in [7, 11) is 0. The minimum Gasteiger partial charge on any atom is -0.323 e. The number of hydrogen-bond acceptors (Lipinski definition) is 4. The summed E-state index contributed by atoms with van der Waals surface area (Å²) in [4.78, 5) is 18.0. The van der Waals surface area contributed by atoms with Gasteiger partial charge in [0.05, 0.1) is 5.69 Å². The van der Waals surface area contributed by atoms with Crippen LogP contribution in [0.3, 0.4) is 0 Å². The van der Waals surface area contributed by atoms with Crippen LogP contribution < -0.4 is 5.32 Å². The molecule has 0 bridgehead atoms. The van der Waals surface area contributed by atoms with Crippen molar-refractivity contribution in [3.63, 3.8) is 0 Å². The number of rotatable bonds is 15. The summed E-state index contributed by atoms with van der Waals surface area (Å²) in [5, 5.41) is 4.01. The van der Waals surface area contributed by atoms with Gasteiger partial charge in [-0.2, -0.15) is 0 Å². The number of thioether (sulfide) groups is 2. The van der Waals surface area contributed by atoms with Crippen molar-refractivity contribution in [3.05, 3.63) is 11.8 Å². The van der Waals surface area contributed by atoms with Gasteiger partial charge in [0, 0.05) is 17.0 Å². The Morgan fingerprint density at radius 2 is 1.48 bits per heavy atom. The van der Waals surface area contributed by atoms with E-state index in [1.54, 1.807) is 23.5 Å². The molecule has 0 aromatic carbocycles. The number of aryl methyl sites for hydroxylation is 1. The molecule has 0 spiro atoms. The Morgan fingerprint density at radius 3 is 2.00 bits per heavy atom. The second-order valence-electron chi connectivity index (χ2n) is 7.18. The molecule has 1 aromatic heterocycles. The van der Waals surface area contributed by atoms with Crippen LogP contribution >= 0.6 is 23.5 Å². The predicted molar refractivity (Wildman–Crippen MR) is 122 cm³/mol. The number of unbranched alkanes of at least 4 members (excludes halogenated alkanes) is 10. The lowest BCUT2D eigenvalue weighted by molar-refractivity contribution is -0.116. The van der Waals surface area contributed by atoms with Crippen LogP contribution in [-0.4, -0.2) is 23.4 Å². The number of carbonyl (C=O) groups excluding carboxylic acids is 1. The maximum absolute atomic E-state index is 12.3. The Hall–Kier alpha value is -0.680. The molecule has 0 saturated carbocycles. The van der Waals surface area contributed by atoms with Crippen LogP contribution in [-0.2, 0) is 4.79 Å². The van der Waals surface area contributed by atoms with Gasteiger partial charge in [-0.1, -0.05) is 71.1 Å². The largest absolute Gasteiger partial charge is 0.323 e. The van der Waals surface area contributed by atoms with Gasteiger partial charge in [0.2, 0.25) is 5.91 Å². The first-order valence-corrected chi connectivity index (χ1v) is 13.0. The fourth-order valence-corrected chi connectivity index (χ4v) is 4.50. The molecule has 154 valence electrons. The summed E-state index contributed by atoms with van der Waals surface area (Å²) >= 11 is 3.25. The summed E-state index contributed by atoms with van der Waals surface area (Å²) in [6.07, 6.45) is 19.0. The Balaban J connectivity index is 2.20. The summed E-state index contributed by atoms with van der Waals surface area (Å²) in [5.41, 5.74) is 1.88. The van der Waals surface area contributed by atoms with Crippen molar-refractivity contribution in [2.24, 2.45) is 0 Å². The molecule has 0 saturated heterocycles. The number of carbonyl (C=O) groups is 1.